The number of methoxy groups -OCH3 is 1. The quantitative estimate of drug-likeness (QED) is 0.548. The molecule has 0 aliphatic heterocycles. The van der Waals surface area contributed by atoms with Crippen LogP contribution in [0, 0.1) is 0 Å². The average Bonchev–Trinajstić information content (AvgIpc) is 2.31. The van der Waals surface area contributed by atoms with Crippen molar-refractivity contribution in [1.82, 2.24) is 0 Å². The summed E-state index contributed by atoms with van der Waals surface area (Å²) in [6.45, 7) is 2.80. The number of para-hydroxylation sites is 1. The standard InChI is InChI=1S/C13H18O3/c1-3-4-9-16-12-8-6-5-7-11(12)10-13(14)15-2/h5-8H,3-4,9-10H2,1-2H3. The van der Waals surface area contributed by atoms with Crippen LogP contribution in [-0.2, 0) is 16.0 Å². The van der Waals surface area contributed by atoms with E-state index in [9.17, 15) is 4.79 Å². The molecule has 16 heavy (non-hydrogen) atoms. The molecule has 0 spiro atoms. The zero-order valence-electron chi connectivity index (χ0n) is 9.86. The Morgan fingerprint density at radius 3 is 2.75 bits per heavy atom. The zero-order valence-corrected chi connectivity index (χ0v) is 9.86. The molecule has 0 radical (unpaired) electrons. The molecule has 0 saturated heterocycles. The molecule has 1 aromatic rings. The Labute approximate surface area is 96.4 Å². The van der Waals surface area contributed by atoms with E-state index >= 15 is 0 Å². The van der Waals surface area contributed by atoms with E-state index in [0.717, 1.165) is 24.2 Å². The maximum Gasteiger partial charge on any atom is 0.310 e. The monoisotopic (exact) mass is 222 g/mol. The van der Waals surface area contributed by atoms with Gasteiger partial charge in [0.15, 0.2) is 0 Å². The number of ether oxygens (including phenoxy) is 2. The van der Waals surface area contributed by atoms with E-state index in [1.807, 2.05) is 24.3 Å². The van der Waals surface area contributed by atoms with Gasteiger partial charge in [0.05, 0.1) is 20.1 Å². The van der Waals surface area contributed by atoms with Gasteiger partial charge in [-0.2, -0.15) is 0 Å². The van der Waals surface area contributed by atoms with Crippen molar-refractivity contribution >= 4 is 5.97 Å². The van der Waals surface area contributed by atoms with Gasteiger partial charge in [0.1, 0.15) is 5.75 Å². The van der Waals surface area contributed by atoms with E-state index in [2.05, 4.69) is 11.7 Å². The number of hydrogen-bond donors (Lipinski definition) is 0. The Morgan fingerprint density at radius 2 is 2.06 bits per heavy atom. The number of carbonyl (C=O) groups excluding carboxylic acids is 1. The summed E-state index contributed by atoms with van der Waals surface area (Å²) in [4.78, 5) is 11.2. The lowest BCUT2D eigenvalue weighted by atomic mass is 10.1. The van der Waals surface area contributed by atoms with Crippen molar-refractivity contribution in [2.24, 2.45) is 0 Å². The van der Waals surface area contributed by atoms with E-state index in [4.69, 9.17) is 4.74 Å². The predicted octanol–water partition coefficient (Wildman–Crippen LogP) is 2.58. The molecule has 0 aromatic heterocycles. The summed E-state index contributed by atoms with van der Waals surface area (Å²) in [5.74, 6) is 0.535. The van der Waals surface area contributed by atoms with Gasteiger partial charge in [0, 0.05) is 5.56 Å². The van der Waals surface area contributed by atoms with Crippen LogP contribution in [0.5, 0.6) is 5.75 Å². The van der Waals surface area contributed by atoms with Gasteiger partial charge in [-0.15, -0.1) is 0 Å². The lowest BCUT2D eigenvalue weighted by molar-refractivity contribution is -0.139. The summed E-state index contributed by atoms with van der Waals surface area (Å²) in [7, 11) is 1.39. The second-order valence-electron chi connectivity index (χ2n) is 3.56. The molecular formula is C13H18O3. The summed E-state index contributed by atoms with van der Waals surface area (Å²) in [6, 6.07) is 7.57. The normalized spacial score (nSPS) is 9.88. The molecule has 3 heteroatoms. The molecule has 1 rings (SSSR count). The Kier molecular flexibility index (Phi) is 5.40. The molecule has 0 heterocycles. The highest BCUT2D eigenvalue weighted by Gasteiger charge is 2.08. The van der Waals surface area contributed by atoms with Crippen LogP contribution in [0.25, 0.3) is 0 Å². The lowest BCUT2D eigenvalue weighted by Gasteiger charge is -2.10. The minimum atomic E-state index is -0.244. The van der Waals surface area contributed by atoms with Gasteiger partial charge in [-0.25, -0.2) is 0 Å². The summed E-state index contributed by atoms with van der Waals surface area (Å²) >= 11 is 0. The van der Waals surface area contributed by atoms with E-state index < -0.39 is 0 Å². The second-order valence-corrected chi connectivity index (χ2v) is 3.56. The van der Waals surface area contributed by atoms with Crippen LogP contribution in [0.3, 0.4) is 0 Å². The van der Waals surface area contributed by atoms with Gasteiger partial charge in [-0.1, -0.05) is 31.5 Å². The maximum atomic E-state index is 11.2. The fourth-order valence-electron chi connectivity index (χ4n) is 1.34. The van der Waals surface area contributed by atoms with Crippen molar-refractivity contribution in [3.8, 4) is 5.75 Å². The van der Waals surface area contributed by atoms with Crippen molar-refractivity contribution < 1.29 is 14.3 Å². The summed E-state index contributed by atoms with van der Waals surface area (Å²) in [5.41, 5.74) is 0.880. The SMILES string of the molecule is CCCCOc1ccccc1CC(=O)OC. The first-order valence-electron chi connectivity index (χ1n) is 5.55. The number of esters is 1. The van der Waals surface area contributed by atoms with Crippen LogP contribution >= 0.6 is 0 Å². The minimum Gasteiger partial charge on any atom is -0.493 e. The predicted molar refractivity (Wildman–Crippen MR) is 62.6 cm³/mol. The molecule has 1 aromatic carbocycles. The summed E-state index contributed by atoms with van der Waals surface area (Å²) < 4.78 is 10.3. The highest BCUT2D eigenvalue weighted by Crippen LogP contribution is 2.19. The first-order chi connectivity index (χ1) is 7.77. The highest BCUT2D eigenvalue weighted by molar-refractivity contribution is 5.73. The van der Waals surface area contributed by atoms with Gasteiger partial charge in [0.25, 0.3) is 0 Å². The molecule has 3 nitrogen and oxygen atoms in total. The molecule has 0 amide bonds. The van der Waals surface area contributed by atoms with E-state index in [0.29, 0.717) is 6.61 Å². The first-order valence-corrected chi connectivity index (χ1v) is 5.55. The molecule has 0 aliphatic rings. The summed E-state index contributed by atoms with van der Waals surface area (Å²) in [6.07, 6.45) is 2.38. The molecule has 88 valence electrons. The molecule has 0 N–H and O–H groups in total. The average molecular weight is 222 g/mol. The van der Waals surface area contributed by atoms with Crippen LogP contribution in [-0.4, -0.2) is 19.7 Å². The topological polar surface area (TPSA) is 35.5 Å². The number of rotatable bonds is 6. The van der Waals surface area contributed by atoms with Crippen molar-refractivity contribution in [3.05, 3.63) is 29.8 Å². The molecule has 0 aliphatic carbocycles. The van der Waals surface area contributed by atoms with Gasteiger partial charge < -0.3 is 9.47 Å². The number of carbonyl (C=O) groups is 1. The molecule has 0 bridgehead atoms. The van der Waals surface area contributed by atoms with Crippen molar-refractivity contribution in [3.63, 3.8) is 0 Å². The molecule has 0 atom stereocenters. The minimum absolute atomic E-state index is 0.244. The third-order valence-corrected chi connectivity index (χ3v) is 2.29. The second kappa shape index (κ2) is 6.88. The Morgan fingerprint density at radius 1 is 1.31 bits per heavy atom. The molecular weight excluding hydrogens is 204 g/mol. The van der Waals surface area contributed by atoms with Crippen LogP contribution in [0.15, 0.2) is 24.3 Å². The Hall–Kier alpha value is -1.51. The van der Waals surface area contributed by atoms with Crippen molar-refractivity contribution in [2.45, 2.75) is 26.2 Å². The van der Waals surface area contributed by atoms with Crippen LogP contribution in [0.4, 0.5) is 0 Å². The van der Waals surface area contributed by atoms with E-state index in [1.165, 1.54) is 7.11 Å². The number of unbranched alkanes of at least 4 members (excludes halogenated alkanes) is 1. The smallest absolute Gasteiger partial charge is 0.310 e. The largest absolute Gasteiger partial charge is 0.493 e. The Bertz CT molecular complexity index is 334. The van der Waals surface area contributed by atoms with E-state index in [1.54, 1.807) is 0 Å². The number of hydrogen-bond acceptors (Lipinski definition) is 3. The molecule has 0 fully saturated rings. The Balaban J connectivity index is 2.63. The summed E-state index contributed by atoms with van der Waals surface area (Å²) in [5, 5.41) is 0. The molecule has 0 unspecified atom stereocenters. The van der Waals surface area contributed by atoms with E-state index in [-0.39, 0.29) is 12.4 Å². The van der Waals surface area contributed by atoms with Crippen LogP contribution < -0.4 is 4.74 Å². The van der Waals surface area contributed by atoms with Crippen molar-refractivity contribution in [2.75, 3.05) is 13.7 Å². The van der Waals surface area contributed by atoms with Gasteiger partial charge in [0.2, 0.25) is 0 Å². The van der Waals surface area contributed by atoms with Crippen LogP contribution in [0.1, 0.15) is 25.3 Å². The molecule has 0 saturated carbocycles. The fraction of sp³-hybridized carbons (Fsp3) is 0.462. The zero-order chi connectivity index (χ0) is 11.8. The fourth-order valence-corrected chi connectivity index (χ4v) is 1.34. The first kappa shape index (κ1) is 12.6. The highest BCUT2D eigenvalue weighted by atomic mass is 16.5. The lowest BCUT2D eigenvalue weighted by Crippen LogP contribution is -2.07. The van der Waals surface area contributed by atoms with Gasteiger partial charge >= 0.3 is 5.97 Å². The maximum absolute atomic E-state index is 11.2. The third-order valence-electron chi connectivity index (χ3n) is 2.29. The number of benzene rings is 1. The van der Waals surface area contributed by atoms with Gasteiger partial charge in [-0.05, 0) is 12.5 Å². The van der Waals surface area contributed by atoms with Crippen LogP contribution in [0.2, 0.25) is 0 Å². The van der Waals surface area contributed by atoms with Gasteiger partial charge in [-0.3, -0.25) is 4.79 Å². The van der Waals surface area contributed by atoms with Crippen molar-refractivity contribution in [1.29, 1.82) is 0 Å². The third kappa shape index (κ3) is 3.93.